The van der Waals surface area contributed by atoms with Gasteiger partial charge in [-0.15, -0.1) is 0 Å². The van der Waals surface area contributed by atoms with Crippen LogP contribution in [0.4, 0.5) is 15.9 Å². The van der Waals surface area contributed by atoms with Crippen molar-refractivity contribution < 1.29 is 9.31 Å². The van der Waals surface area contributed by atoms with E-state index in [9.17, 15) is 14.5 Å². The van der Waals surface area contributed by atoms with E-state index in [0.717, 1.165) is 5.56 Å². The summed E-state index contributed by atoms with van der Waals surface area (Å²) in [5.74, 6) is 0.342. The molecule has 0 aliphatic rings. The summed E-state index contributed by atoms with van der Waals surface area (Å²) < 4.78 is 12.8. The number of benzene rings is 1. The molecule has 0 radical (unpaired) electrons. The smallest absolute Gasteiger partial charge is 0.287 e. The van der Waals surface area contributed by atoms with Crippen molar-refractivity contribution in [3.8, 4) is 0 Å². The lowest BCUT2D eigenvalue weighted by atomic mass is 10.2. The van der Waals surface area contributed by atoms with Crippen molar-refractivity contribution >= 4 is 11.5 Å². The summed E-state index contributed by atoms with van der Waals surface area (Å²) in [5.41, 5.74) is 0.892. The van der Waals surface area contributed by atoms with Crippen LogP contribution in [0.5, 0.6) is 0 Å². The minimum Gasteiger partial charge on any atom is -0.355 e. The molecule has 0 atom stereocenters. The van der Waals surface area contributed by atoms with E-state index in [1.54, 1.807) is 18.2 Å². The Balaban J connectivity index is 2.09. The molecule has 0 aliphatic heterocycles. The monoisotopic (exact) mass is 261 g/mol. The number of hydrogen-bond acceptors (Lipinski definition) is 4. The van der Waals surface area contributed by atoms with Crippen LogP contribution in [0.2, 0.25) is 0 Å². The number of hydrogen-bond donors (Lipinski definition) is 0. The van der Waals surface area contributed by atoms with Crippen LogP contribution in [0.3, 0.4) is 0 Å². The van der Waals surface area contributed by atoms with E-state index >= 15 is 0 Å². The lowest BCUT2D eigenvalue weighted by Crippen LogP contribution is -2.17. The van der Waals surface area contributed by atoms with Crippen molar-refractivity contribution in [3.63, 3.8) is 0 Å². The number of nitrogens with zero attached hydrogens (tertiary/aromatic N) is 3. The van der Waals surface area contributed by atoms with E-state index in [-0.39, 0.29) is 11.5 Å². The van der Waals surface area contributed by atoms with Gasteiger partial charge in [-0.25, -0.2) is 9.37 Å². The number of aromatic nitrogens is 1. The fourth-order valence-electron chi connectivity index (χ4n) is 1.66. The molecule has 1 heterocycles. The summed E-state index contributed by atoms with van der Waals surface area (Å²) >= 11 is 0. The molecule has 0 unspecified atom stereocenters. The van der Waals surface area contributed by atoms with Gasteiger partial charge < -0.3 is 4.90 Å². The van der Waals surface area contributed by atoms with Crippen LogP contribution in [-0.2, 0) is 6.54 Å². The first-order chi connectivity index (χ1) is 9.06. The van der Waals surface area contributed by atoms with Gasteiger partial charge in [0.05, 0.1) is 4.92 Å². The van der Waals surface area contributed by atoms with Crippen LogP contribution in [0.25, 0.3) is 0 Å². The summed E-state index contributed by atoms with van der Waals surface area (Å²) in [6.07, 6.45) is 1.22. The van der Waals surface area contributed by atoms with Crippen LogP contribution in [0.1, 0.15) is 5.56 Å². The SMILES string of the molecule is CN(Cc1ccc(F)cc1)c1ccc([N+](=O)[O-])cn1. The Labute approximate surface area is 109 Å². The van der Waals surface area contributed by atoms with Crippen LogP contribution >= 0.6 is 0 Å². The zero-order valence-electron chi connectivity index (χ0n) is 10.3. The average molecular weight is 261 g/mol. The van der Waals surface area contributed by atoms with Gasteiger partial charge in [-0.05, 0) is 23.8 Å². The molecular weight excluding hydrogens is 249 g/mol. The Hall–Kier alpha value is -2.50. The molecule has 0 saturated heterocycles. The molecule has 0 fully saturated rings. The van der Waals surface area contributed by atoms with Gasteiger partial charge >= 0.3 is 0 Å². The van der Waals surface area contributed by atoms with Crippen LogP contribution in [0.15, 0.2) is 42.6 Å². The molecule has 98 valence electrons. The second kappa shape index (κ2) is 5.43. The van der Waals surface area contributed by atoms with Gasteiger partial charge in [-0.1, -0.05) is 12.1 Å². The fraction of sp³-hybridized carbons (Fsp3) is 0.154. The predicted octanol–water partition coefficient (Wildman–Crippen LogP) is 2.77. The second-order valence-electron chi connectivity index (χ2n) is 4.11. The van der Waals surface area contributed by atoms with Crippen molar-refractivity contribution in [2.45, 2.75) is 6.54 Å². The lowest BCUT2D eigenvalue weighted by molar-refractivity contribution is -0.385. The van der Waals surface area contributed by atoms with Crippen molar-refractivity contribution in [3.05, 3.63) is 64.1 Å². The second-order valence-corrected chi connectivity index (χ2v) is 4.11. The van der Waals surface area contributed by atoms with E-state index in [1.807, 2.05) is 11.9 Å². The zero-order chi connectivity index (χ0) is 13.8. The highest BCUT2D eigenvalue weighted by molar-refractivity contribution is 5.42. The van der Waals surface area contributed by atoms with E-state index < -0.39 is 4.92 Å². The maximum Gasteiger partial charge on any atom is 0.287 e. The number of rotatable bonds is 4. The van der Waals surface area contributed by atoms with Crippen LogP contribution in [0, 0.1) is 15.9 Å². The van der Waals surface area contributed by atoms with Gasteiger partial charge in [0, 0.05) is 19.7 Å². The minimum atomic E-state index is -0.489. The third-order valence-corrected chi connectivity index (χ3v) is 2.67. The molecule has 1 aromatic heterocycles. The molecule has 0 N–H and O–H groups in total. The highest BCUT2D eigenvalue weighted by Gasteiger charge is 2.08. The summed E-state index contributed by atoms with van der Waals surface area (Å²) in [7, 11) is 1.82. The predicted molar refractivity (Wildman–Crippen MR) is 69.4 cm³/mol. The summed E-state index contributed by atoms with van der Waals surface area (Å²) in [5, 5.41) is 10.5. The first-order valence-electron chi connectivity index (χ1n) is 5.62. The molecule has 19 heavy (non-hydrogen) atoms. The van der Waals surface area contributed by atoms with E-state index in [2.05, 4.69) is 4.98 Å². The summed E-state index contributed by atoms with van der Waals surface area (Å²) in [6, 6.07) is 9.17. The quantitative estimate of drug-likeness (QED) is 0.627. The maximum absolute atomic E-state index is 12.8. The number of pyridine rings is 1. The van der Waals surface area contributed by atoms with Gasteiger partial charge in [-0.3, -0.25) is 10.1 Å². The molecule has 1 aromatic carbocycles. The third kappa shape index (κ3) is 3.25. The highest BCUT2D eigenvalue weighted by Crippen LogP contribution is 2.16. The van der Waals surface area contributed by atoms with Gasteiger partial charge in [0.2, 0.25) is 0 Å². The van der Waals surface area contributed by atoms with Crippen molar-refractivity contribution in [1.29, 1.82) is 0 Å². The topological polar surface area (TPSA) is 59.3 Å². The molecule has 5 nitrogen and oxygen atoms in total. The molecule has 0 saturated carbocycles. The van der Waals surface area contributed by atoms with Gasteiger partial charge in [0.15, 0.2) is 0 Å². The summed E-state index contributed by atoms with van der Waals surface area (Å²) in [6.45, 7) is 0.547. The minimum absolute atomic E-state index is 0.0427. The first kappa shape index (κ1) is 12.9. The third-order valence-electron chi connectivity index (χ3n) is 2.67. The highest BCUT2D eigenvalue weighted by atomic mass is 19.1. The first-order valence-corrected chi connectivity index (χ1v) is 5.62. The molecule has 0 amide bonds. The lowest BCUT2D eigenvalue weighted by Gasteiger charge is -2.17. The Kier molecular flexibility index (Phi) is 3.70. The van der Waals surface area contributed by atoms with Crippen LogP contribution in [-0.4, -0.2) is 17.0 Å². The molecule has 0 spiro atoms. The molecule has 2 aromatic rings. The zero-order valence-corrected chi connectivity index (χ0v) is 10.3. The molecular formula is C13H12FN3O2. The average Bonchev–Trinajstić information content (AvgIpc) is 2.41. The van der Waals surface area contributed by atoms with Gasteiger partial charge in [-0.2, -0.15) is 0 Å². The molecule has 6 heteroatoms. The molecule has 0 bridgehead atoms. The van der Waals surface area contributed by atoms with Crippen molar-refractivity contribution in [2.75, 3.05) is 11.9 Å². The fourth-order valence-corrected chi connectivity index (χ4v) is 1.66. The molecule has 0 aliphatic carbocycles. The van der Waals surface area contributed by atoms with Gasteiger partial charge in [0.1, 0.15) is 17.8 Å². The molecule has 2 rings (SSSR count). The van der Waals surface area contributed by atoms with Gasteiger partial charge in [0.25, 0.3) is 5.69 Å². The standard InChI is InChI=1S/C13H12FN3O2/c1-16(9-10-2-4-11(14)5-3-10)13-7-6-12(8-15-13)17(18)19/h2-8H,9H2,1H3. The maximum atomic E-state index is 12.8. The van der Waals surface area contributed by atoms with Crippen molar-refractivity contribution in [2.24, 2.45) is 0 Å². The number of halogens is 1. The largest absolute Gasteiger partial charge is 0.355 e. The summed E-state index contributed by atoms with van der Waals surface area (Å²) in [4.78, 5) is 15.9. The van der Waals surface area contributed by atoms with E-state index in [0.29, 0.717) is 12.4 Å². The number of anilines is 1. The number of nitro groups is 1. The Morgan fingerprint density at radius 2 is 1.95 bits per heavy atom. The van der Waals surface area contributed by atoms with E-state index in [4.69, 9.17) is 0 Å². The Morgan fingerprint density at radius 3 is 2.47 bits per heavy atom. The Morgan fingerprint density at radius 1 is 1.26 bits per heavy atom. The van der Waals surface area contributed by atoms with E-state index in [1.165, 1.54) is 24.4 Å². The van der Waals surface area contributed by atoms with Crippen LogP contribution < -0.4 is 4.90 Å². The van der Waals surface area contributed by atoms with Crippen molar-refractivity contribution in [1.82, 2.24) is 4.98 Å². The normalized spacial score (nSPS) is 10.2. The Bertz CT molecular complexity index is 569.